The second-order valence-corrected chi connectivity index (χ2v) is 11.1. The lowest BCUT2D eigenvalue weighted by molar-refractivity contribution is 0.411. The van der Waals surface area contributed by atoms with Crippen LogP contribution in [0, 0.1) is 6.92 Å². The van der Waals surface area contributed by atoms with Crippen LogP contribution < -0.4 is 10.1 Å². The van der Waals surface area contributed by atoms with Crippen LogP contribution in [-0.4, -0.2) is 46.7 Å². The van der Waals surface area contributed by atoms with Crippen LogP contribution in [0.15, 0.2) is 53.4 Å². The topological polar surface area (TPSA) is 89.5 Å². The molecule has 1 heterocycles. The molecule has 8 heteroatoms. The maximum absolute atomic E-state index is 13.2. The number of benzene rings is 2. The molecule has 1 saturated heterocycles. The van der Waals surface area contributed by atoms with E-state index in [-0.39, 0.29) is 16.4 Å². The zero-order valence-electron chi connectivity index (χ0n) is 15.3. The van der Waals surface area contributed by atoms with Gasteiger partial charge in [-0.2, -0.15) is 0 Å². The van der Waals surface area contributed by atoms with Gasteiger partial charge in [-0.15, -0.1) is 0 Å². The van der Waals surface area contributed by atoms with E-state index in [2.05, 4.69) is 5.32 Å². The fourth-order valence-electron chi connectivity index (χ4n) is 3.36. The minimum atomic E-state index is -3.81. The molecule has 27 heavy (non-hydrogen) atoms. The van der Waals surface area contributed by atoms with E-state index in [1.54, 1.807) is 13.0 Å². The molecule has 1 fully saturated rings. The summed E-state index contributed by atoms with van der Waals surface area (Å²) >= 11 is 0. The number of sulfone groups is 2. The summed E-state index contributed by atoms with van der Waals surface area (Å²) in [5.41, 5.74) is 1.66. The van der Waals surface area contributed by atoms with Gasteiger partial charge < -0.3 is 10.1 Å². The molecule has 3 rings (SSSR count). The van der Waals surface area contributed by atoms with E-state index in [0.717, 1.165) is 5.56 Å². The van der Waals surface area contributed by atoms with E-state index in [9.17, 15) is 16.8 Å². The molecule has 0 aromatic heterocycles. The van der Waals surface area contributed by atoms with Gasteiger partial charge in [0.15, 0.2) is 19.7 Å². The van der Waals surface area contributed by atoms with Gasteiger partial charge in [-0.3, -0.25) is 0 Å². The van der Waals surface area contributed by atoms with Crippen molar-refractivity contribution in [2.24, 2.45) is 0 Å². The number of methoxy groups -OCH3 is 1. The fraction of sp³-hybridized carbons (Fsp3) is 0.368. The molecule has 0 radical (unpaired) electrons. The Balaban J connectivity index is 1.88. The van der Waals surface area contributed by atoms with Gasteiger partial charge in [0, 0.05) is 12.6 Å². The minimum absolute atomic E-state index is 0.120. The van der Waals surface area contributed by atoms with E-state index >= 15 is 0 Å². The molecule has 0 unspecified atom stereocenters. The second kappa shape index (κ2) is 7.61. The van der Waals surface area contributed by atoms with Crippen LogP contribution in [0.1, 0.15) is 11.1 Å². The zero-order valence-corrected chi connectivity index (χ0v) is 16.9. The average Bonchev–Trinajstić information content (AvgIpc) is 2.96. The monoisotopic (exact) mass is 409 g/mol. The highest BCUT2D eigenvalue weighted by Crippen LogP contribution is 2.29. The molecule has 6 nitrogen and oxygen atoms in total. The molecule has 2 aromatic rings. The van der Waals surface area contributed by atoms with E-state index in [1.807, 2.05) is 30.3 Å². The normalized spacial score (nSPS) is 21.9. The van der Waals surface area contributed by atoms with Crippen LogP contribution >= 0.6 is 0 Å². The SMILES string of the molecule is COc1ccc(S(=O)(=O)[C@@H]2CS(=O)(=O)C[C@@H]2NCc2ccccc2)cc1C. The predicted octanol–water partition coefficient (Wildman–Crippen LogP) is 1.73. The number of hydrogen-bond acceptors (Lipinski definition) is 6. The molecule has 146 valence electrons. The lowest BCUT2D eigenvalue weighted by Gasteiger charge is -2.20. The molecular weight excluding hydrogens is 386 g/mol. The van der Waals surface area contributed by atoms with Gasteiger partial charge in [0.25, 0.3) is 0 Å². The number of ether oxygens (including phenoxy) is 1. The second-order valence-electron chi connectivity index (χ2n) is 6.76. The number of aryl methyl sites for hydroxylation is 1. The van der Waals surface area contributed by atoms with Gasteiger partial charge >= 0.3 is 0 Å². The Hall–Kier alpha value is -1.90. The van der Waals surface area contributed by atoms with Crippen LogP contribution in [0.4, 0.5) is 0 Å². The Bertz CT molecular complexity index is 1020. The molecule has 1 aliphatic rings. The van der Waals surface area contributed by atoms with E-state index in [0.29, 0.717) is 17.9 Å². The number of nitrogens with one attached hydrogen (secondary N) is 1. The first kappa shape index (κ1) is 19.9. The van der Waals surface area contributed by atoms with Crippen molar-refractivity contribution >= 4 is 19.7 Å². The van der Waals surface area contributed by atoms with Crippen molar-refractivity contribution in [3.63, 3.8) is 0 Å². The quantitative estimate of drug-likeness (QED) is 0.782. The Morgan fingerprint density at radius 2 is 1.81 bits per heavy atom. The Labute approximate surface area is 160 Å². The Morgan fingerprint density at radius 3 is 2.44 bits per heavy atom. The van der Waals surface area contributed by atoms with Crippen LogP contribution in [0.3, 0.4) is 0 Å². The summed E-state index contributed by atoms with van der Waals surface area (Å²) < 4.78 is 55.8. The summed E-state index contributed by atoms with van der Waals surface area (Å²) in [6, 6.07) is 13.4. The van der Waals surface area contributed by atoms with Gasteiger partial charge in [-0.25, -0.2) is 16.8 Å². The van der Waals surface area contributed by atoms with Crippen molar-refractivity contribution in [1.82, 2.24) is 5.32 Å². The van der Waals surface area contributed by atoms with Crippen molar-refractivity contribution in [2.75, 3.05) is 18.6 Å². The van der Waals surface area contributed by atoms with E-state index in [1.165, 1.54) is 19.2 Å². The van der Waals surface area contributed by atoms with Crippen LogP contribution in [0.2, 0.25) is 0 Å². The van der Waals surface area contributed by atoms with Crippen LogP contribution in [0.25, 0.3) is 0 Å². The molecule has 2 aromatic carbocycles. The highest BCUT2D eigenvalue weighted by atomic mass is 32.2. The summed E-state index contributed by atoms with van der Waals surface area (Å²) in [5, 5.41) is 2.12. The van der Waals surface area contributed by atoms with Gasteiger partial charge in [-0.05, 0) is 36.2 Å². The summed E-state index contributed by atoms with van der Waals surface area (Å²) in [5.74, 6) is 0.0397. The summed E-state index contributed by atoms with van der Waals surface area (Å²) in [7, 11) is -5.72. The Morgan fingerprint density at radius 1 is 1.11 bits per heavy atom. The zero-order chi connectivity index (χ0) is 19.7. The highest BCUT2D eigenvalue weighted by molar-refractivity contribution is 7.96. The molecule has 1 N–H and O–H groups in total. The molecule has 0 amide bonds. The molecule has 0 spiro atoms. The number of rotatable bonds is 6. The van der Waals surface area contributed by atoms with Crippen LogP contribution in [-0.2, 0) is 26.2 Å². The third-order valence-corrected chi connectivity index (χ3v) is 8.95. The molecule has 0 saturated carbocycles. The molecular formula is C19H23NO5S2. The molecule has 0 aliphatic carbocycles. The fourth-order valence-corrected chi connectivity index (χ4v) is 8.16. The van der Waals surface area contributed by atoms with E-state index in [4.69, 9.17) is 4.74 Å². The largest absolute Gasteiger partial charge is 0.496 e. The Kier molecular flexibility index (Phi) is 5.60. The van der Waals surface area contributed by atoms with Crippen molar-refractivity contribution in [3.8, 4) is 5.75 Å². The summed E-state index contributed by atoms with van der Waals surface area (Å²) in [4.78, 5) is 0.120. The van der Waals surface area contributed by atoms with Crippen LogP contribution in [0.5, 0.6) is 5.75 Å². The maximum Gasteiger partial charge on any atom is 0.183 e. The van der Waals surface area contributed by atoms with Gasteiger partial charge in [0.2, 0.25) is 0 Å². The van der Waals surface area contributed by atoms with Crippen molar-refractivity contribution in [2.45, 2.75) is 29.7 Å². The average molecular weight is 410 g/mol. The summed E-state index contributed by atoms with van der Waals surface area (Å²) in [6.45, 7) is 2.17. The van der Waals surface area contributed by atoms with Gasteiger partial charge in [0.1, 0.15) is 5.75 Å². The standard InChI is InChI=1S/C19H23NO5S2/c1-14-10-16(8-9-18(14)25-2)27(23,24)19-13-26(21,22)12-17(19)20-11-15-6-4-3-5-7-15/h3-10,17,19-20H,11-13H2,1-2H3/t17-,19+/m0/s1. The number of hydrogen-bond donors (Lipinski definition) is 1. The third-order valence-electron chi connectivity index (χ3n) is 4.81. The van der Waals surface area contributed by atoms with Crippen molar-refractivity contribution < 1.29 is 21.6 Å². The first-order valence-electron chi connectivity index (χ1n) is 8.59. The minimum Gasteiger partial charge on any atom is -0.496 e. The van der Waals surface area contributed by atoms with Gasteiger partial charge in [-0.1, -0.05) is 30.3 Å². The van der Waals surface area contributed by atoms with E-state index < -0.39 is 31.0 Å². The lowest BCUT2D eigenvalue weighted by atomic mass is 10.2. The molecule has 1 aliphatic heterocycles. The first-order valence-corrected chi connectivity index (χ1v) is 12.0. The predicted molar refractivity (Wildman–Crippen MR) is 104 cm³/mol. The first-order chi connectivity index (χ1) is 12.7. The lowest BCUT2D eigenvalue weighted by Crippen LogP contribution is -2.43. The third kappa shape index (κ3) is 4.34. The molecule has 0 bridgehead atoms. The summed E-state index contributed by atoms with van der Waals surface area (Å²) in [6.07, 6.45) is 0. The maximum atomic E-state index is 13.2. The van der Waals surface area contributed by atoms with Gasteiger partial charge in [0.05, 0.1) is 28.8 Å². The smallest absolute Gasteiger partial charge is 0.183 e. The van der Waals surface area contributed by atoms with Crippen molar-refractivity contribution in [3.05, 3.63) is 59.7 Å². The van der Waals surface area contributed by atoms with Crippen molar-refractivity contribution in [1.29, 1.82) is 0 Å². The highest BCUT2D eigenvalue weighted by Gasteiger charge is 2.45. The molecule has 2 atom stereocenters.